The van der Waals surface area contributed by atoms with Gasteiger partial charge in [-0.1, -0.05) is 0 Å². The predicted molar refractivity (Wildman–Crippen MR) is 68.4 cm³/mol. The van der Waals surface area contributed by atoms with Crippen molar-refractivity contribution >= 4 is 28.3 Å². The molecule has 5 N–H and O–H groups in total. The first-order chi connectivity index (χ1) is 7.10. The van der Waals surface area contributed by atoms with Crippen LogP contribution in [0.3, 0.4) is 0 Å². The van der Waals surface area contributed by atoms with Gasteiger partial charge in [-0.15, -0.1) is 12.4 Å². The van der Waals surface area contributed by atoms with Gasteiger partial charge in [-0.25, -0.2) is 0 Å². The molecule has 0 aromatic heterocycles. The van der Waals surface area contributed by atoms with Crippen molar-refractivity contribution < 1.29 is 5.11 Å². The molecule has 0 bridgehead atoms. The Hall–Kier alpha value is -0.800. The van der Waals surface area contributed by atoms with Crippen LogP contribution in [0.4, 0.5) is 0 Å². The van der Waals surface area contributed by atoms with Gasteiger partial charge in [-0.2, -0.15) is 5.26 Å². The molecule has 1 atom stereocenters. The minimum atomic E-state index is -0.348. The molecule has 16 heavy (non-hydrogen) atoms. The molecule has 0 fully saturated rings. The summed E-state index contributed by atoms with van der Waals surface area (Å²) in [4.78, 5) is 0. The molecular formula is C10H13BrClN3O. The maximum Gasteiger partial charge on any atom is 0.134 e. The molecule has 1 aromatic rings. The van der Waals surface area contributed by atoms with E-state index in [2.05, 4.69) is 15.9 Å². The fourth-order valence-corrected chi connectivity index (χ4v) is 1.78. The number of aromatic hydroxyl groups is 1. The molecule has 0 saturated heterocycles. The molecule has 4 nitrogen and oxygen atoms in total. The van der Waals surface area contributed by atoms with Crippen molar-refractivity contribution in [2.75, 3.05) is 6.54 Å². The van der Waals surface area contributed by atoms with Gasteiger partial charge in [-0.3, -0.25) is 0 Å². The van der Waals surface area contributed by atoms with Gasteiger partial charge in [0.1, 0.15) is 5.75 Å². The number of nitrogens with two attached hydrogens (primary N) is 2. The van der Waals surface area contributed by atoms with Crippen LogP contribution < -0.4 is 11.5 Å². The van der Waals surface area contributed by atoms with Crippen molar-refractivity contribution in [2.24, 2.45) is 11.5 Å². The van der Waals surface area contributed by atoms with Crippen molar-refractivity contribution in [3.8, 4) is 11.8 Å². The van der Waals surface area contributed by atoms with Gasteiger partial charge < -0.3 is 16.6 Å². The first kappa shape index (κ1) is 15.2. The van der Waals surface area contributed by atoms with Crippen LogP contribution in [-0.2, 0) is 0 Å². The lowest BCUT2D eigenvalue weighted by molar-refractivity contribution is 0.455. The van der Waals surface area contributed by atoms with Crippen LogP contribution >= 0.6 is 28.3 Å². The fourth-order valence-electron chi connectivity index (χ4n) is 1.30. The molecular weight excluding hydrogens is 293 g/mol. The van der Waals surface area contributed by atoms with E-state index in [1.807, 2.05) is 6.07 Å². The number of rotatable bonds is 3. The zero-order valence-electron chi connectivity index (χ0n) is 8.48. The molecule has 0 aliphatic heterocycles. The Morgan fingerprint density at radius 3 is 2.62 bits per heavy atom. The highest BCUT2D eigenvalue weighted by molar-refractivity contribution is 9.10. The van der Waals surface area contributed by atoms with Gasteiger partial charge in [0.15, 0.2) is 0 Å². The molecule has 1 rings (SSSR count). The first-order valence-electron chi connectivity index (χ1n) is 4.48. The monoisotopic (exact) mass is 305 g/mol. The van der Waals surface area contributed by atoms with Crippen molar-refractivity contribution in [3.63, 3.8) is 0 Å². The molecule has 88 valence electrons. The molecule has 1 aromatic carbocycles. The van der Waals surface area contributed by atoms with Crippen LogP contribution in [-0.4, -0.2) is 11.7 Å². The van der Waals surface area contributed by atoms with E-state index in [1.165, 1.54) is 0 Å². The maximum atomic E-state index is 9.74. The number of nitriles is 1. The van der Waals surface area contributed by atoms with Crippen molar-refractivity contribution in [3.05, 3.63) is 27.7 Å². The molecule has 0 spiro atoms. The lowest BCUT2D eigenvalue weighted by Gasteiger charge is -2.13. The van der Waals surface area contributed by atoms with Crippen LogP contribution in [0.15, 0.2) is 16.6 Å². The van der Waals surface area contributed by atoms with Crippen LogP contribution in [0.25, 0.3) is 0 Å². The summed E-state index contributed by atoms with van der Waals surface area (Å²) in [7, 11) is 0. The third kappa shape index (κ3) is 3.35. The van der Waals surface area contributed by atoms with E-state index in [1.54, 1.807) is 12.1 Å². The number of nitrogens with zero attached hydrogens (tertiary/aromatic N) is 1. The third-order valence-electron chi connectivity index (χ3n) is 2.10. The molecule has 0 unspecified atom stereocenters. The van der Waals surface area contributed by atoms with Crippen LogP contribution in [0, 0.1) is 11.3 Å². The van der Waals surface area contributed by atoms with Crippen molar-refractivity contribution in [2.45, 2.75) is 12.5 Å². The Morgan fingerprint density at radius 1 is 1.50 bits per heavy atom. The van der Waals surface area contributed by atoms with Gasteiger partial charge in [-0.05, 0) is 41.0 Å². The smallest absolute Gasteiger partial charge is 0.134 e. The van der Waals surface area contributed by atoms with E-state index >= 15 is 0 Å². The lowest BCUT2D eigenvalue weighted by Crippen LogP contribution is -2.15. The van der Waals surface area contributed by atoms with Gasteiger partial charge in [0, 0.05) is 11.6 Å². The summed E-state index contributed by atoms with van der Waals surface area (Å²) in [5, 5.41) is 18.5. The molecule has 0 radical (unpaired) electrons. The Bertz CT molecular complexity index is 406. The summed E-state index contributed by atoms with van der Waals surface area (Å²) in [5.41, 5.74) is 12.2. The number of phenolic OH excluding ortho intramolecular Hbond substituents is 1. The molecule has 0 saturated carbocycles. The number of hydrogen-bond acceptors (Lipinski definition) is 4. The Kier molecular flexibility index (Phi) is 6.38. The largest absolute Gasteiger partial charge is 0.506 e. The molecule has 0 aliphatic carbocycles. The topological polar surface area (TPSA) is 96.1 Å². The molecule has 0 aliphatic rings. The molecule has 0 amide bonds. The Morgan fingerprint density at radius 2 is 2.12 bits per heavy atom. The first-order valence-corrected chi connectivity index (χ1v) is 5.27. The summed E-state index contributed by atoms with van der Waals surface area (Å²) in [6.07, 6.45) is 0.564. The second-order valence-corrected chi connectivity index (χ2v) is 4.05. The van der Waals surface area contributed by atoms with E-state index < -0.39 is 0 Å². The van der Waals surface area contributed by atoms with E-state index in [4.69, 9.17) is 16.7 Å². The SMILES string of the molecule is Cl.N#Cc1cc(Br)c(O)c([C@@H](N)CCN)c1. The van der Waals surface area contributed by atoms with E-state index in [0.29, 0.717) is 28.6 Å². The highest BCUT2D eigenvalue weighted by Crippen LogP contribution is 2.33. The number of phenols is 1. The standard InChI is InChI=1S/C10H12BrN3O.ClH/c11-8-4-6(5-13)3-7(10(8)15)9(14)1-2-12;/h3-4,9,15H,1-2,12,14H2;1H/t9-;/m0./s1. The van der Waals surface area contributed by atoms with E-state index in [0.717, 1.165) is 0 Å². The highest BCUT2D eigenvalue weighted by atomic mass is 79.9. The van der Waals surface area contributed by atoms with E-state index in [-0.39, 0.29) is 24.2 Å². The summed E-state index contributed by atoms with van der Waals surface area (Å²) in [6, 6.07) is 4.79. The molecule has 0 heterocycles. The second kappa shape index (κ2) is 6.71. The zero-order valence-corrected chi connectivity index (χ0v) is 10.9. The number of hydrogen-bond donors (Lipinski definition) is 3. The minimum absolute atomic E-state index is 0. The predicted octanol–water partition coefficient (Wildman–Crippen LogP) is 1.80. The average Bonchev–Trinajstić information content (AvgIpc) is 2.22. The Balaban J connectivity index is 0.00000225. The van der Waals surface area contributed by atoms with Gasteiger partial charge in [0.25, 0.3) is 0 Å². The van der Waals surface area contributed by atoms with Crippen molar-refractivity contribution in [1.82, 2.24) is 0 Å². The summed E-state index contributed by atoms with van der Waals surface area (Å²) < 4.78 is 0.476. The normalized spacial score (nSPS) is 11.4. The van der Waals surface area contributed by atoms with Crippen molar-refractivity contribution in [1.29, 1.82) is 5.26 Å². The summed E-state index contributed by atoms with van der Waals surface area (Å²) in [6.45, 7) is 0.439. The quantitative estimate of drug-likeness (QED) is 0.793. The lowest BCUT2D eigenvalue weighted by atomic mass is 10.0. The number of benzene rings is 1. The van der Waals surface area contributed by atoms with Crippen LogP contribution in [0.5, 0.6) is 5.75 Å². The third-order valence-corrected chi connectivity index (χ3v) is 2.70. The van der Waals surface area contributed by atoms with Gasteiger partial charge >= 0.3 is 0 Å². The van der Waals surface area contributed by atoms with Gasteiger partial charge in [0.2, 0.25) is 0 Å². The van der Waals surface area contributed by atoms with Crippen LogP contribution in [0.1, 0.15) is 23.6 Å². The maximum absolute atomic E-state index is 9.74. The minimum Gasteiger partial charge on any atom is -0.506 e. The number of halogens is 2. The Labute approximate surface area is 109 Å². The molecule has 6 heteroatoms. The fraction of sp³-hybridized carbons (Fsp3) is 0.300. The van der Waals surface area contributed by atoms with Gasteiger partial charge in [0.05, 0.1) is 16.1 Å². The average molecular weight is 307 g/mol. The second-order valence-electron chi connectivity index (χ2n) is 3.19. The summed E-state index contributed by atoms with van der Waals surface area (Å²) in [5.74, 6) is 0.0787. The van der Waals surface area contributed by atoms with E-state index in [9.17, 15) is 5.11 Å². The van der Waals surface area contributed by atoms with Crippen LogP contribution in [0.2, 0.25) is 0 Å². The highest BCUT2D eigenvalue weighted by Gasteiger charge is 2.14. The zero-order chi connectivity index (χ0) is 11.4. The summed E-state index contributed by atoms with van der Waals surface area (Å²) >= 11 is 3.17.